The van der Waals surface area contributed by atoms with E-state index in [0.717, 1.165) is 12.0 Å². The van der Waals surface area contributed by atoms with Gasteiger partial charge >= 0.3 is 5.97 Å². The van der Waals surface area contributed by atoms with Crippen LogP contribution < -0.4 is 5.32 Å². The summed E-state index contributed by atoms with van der Waals surface area (Å²) in [6.45, 7) is 3.56. The summed E-state index contributed by atoms with van der Waals surface area (Å²) in [6, 6.07) is 14.9. The zero-order valence-electron chi connectivity index (χ0n) is 20.9. The molecule has 0 radical (unpaired) electrons. The number of esters is 1. The van der Waals surface area contributed by atoms with Crippen molar-refractivity contribution in [1.29, 1.82) is 0 Å². The third-order valence-electron chi connectivity index (χ3n) is 8.31. The van der Waals surface area contributed by atoms with Crippen molar-refractivity contribution in [2.24, 2.45) is 35.5 Å². The maximum Gasteiger partial charge on any atom is 0.338 e. The van der Waals surface area contributed by atoms with E-state index in [9.17, 15) is 19.2 Å². The molecule has 0 unspecified atom stereocenters. The third kappa shape index (κ3) is 4.06. The van der Waals surface area contributed by atoms with Gasteiger partial charge in [-0.15, -0.1) is 0 Å². The smallest absolute Gasteiger partial charge is 0.338 e. The van der Waals surface area contributed by atoms with E-state index in [-0.39, 0.29) is 48.0 Å². The van der Waals surface area contributed by atoms with Crippen molar-refractivity contribution in [3.8, 4) is 0 Å². The van der Waals surface area contributed by atoms with Gasteiger partial charge in [0.2, 0.25) is 17.7 Å². The molecule has 1 saturated heterocycles. The number of carbonyl (C=O) groups excluding carboxylic acids is 4. The van der Waals surface area contributed by atoms with Gasteiger partial charge in [-0.1, -0.05) is 42.5 Å². The molecule has 1 N–H and O–H groups in total. The van der Waals surface area contributed by atoms with Crippen LogP contribution in [-0.2, 0) is 25.5 Å². The summed E-state index contributed by atoms with van der Waals surface area (Å²) in [5.41, 5.74) is 1.72. The Kier molecular flexibility index (Phi) is 5.74. The number of likely N-dealkylation sites (tertiary alicyclic amines) is 1. The Balaban J connectivity index is 1.26. The molecule has 2 aromatic carbocycles. The molecule has 1 aliphatic heterocycles. The average Bonchev–Trinajstić information content (AvgIpc) is 3.67. The summed E-state index contributed by atoms with van der Waals surface area (Å²) in [4.78, 5) is 54.5. The van der Waals surface area contributed by atoms with Crippen LogP contribution in [0.2, 0.25) is 0 Å². The molecule has 4 aliphatic carbocycles. The molecule has 2 aromatic rings. The first-order valence-corrected chi connectivity index (χ1v) is 13.0. The van der Waals surface area contributed by atoms with Crippen LogP contribution in [0.15, 0.2) is 66.7 Å². The van der Waals surface area contributed by atoms with Crippen molar-refractivity contribution in [2.75, 3.05) is 5.32 Å². The van der Waals surface area contributed by atoms with Gasteiger partial charge in [-0.25, -0.2) is 4.79 Å². The highest BCUT2D eigenvalue weighted by Crippen LogP contribution is 2.65. The van der Waals surface area contributed by atoms with Gasteiger partial charge in [-0.05, 0) is 73.8 Å². The number of nitrogens with zero attached hydrogens (tertiary/aromatic N) is 1. The Bertz CT molecular complexity index is 1250. The zero-order chi connectivity index (χ0) is 25.8. The normalized spacial score (nSPS) is 29.6. The summed E-state index contributed by atoms with van der Waals surface area (Å²) in [7, 11) is 0. The first kappa shape index (κ1) is 23.6. The van der Waals surface area contributed by atoms with Gasteiger partial charge in [0.25, 0.3) is 0 Å². The molecule has 190 valence electrons. The Morgan fingerprint density at radius 3 is 2.08 bits per heavy atom. The van der Waals surface area contributed by atoms with E-state index in [1.165, 1.54) is 4.90 Å². The lowest BCUT2D eigenvalue weighted by atomic mass is 9.63. The fourth-order valence-electron chi connectivity index (χ4n) is 6.62. The predicted molar refractivity (Wildman–Crippen MR) is 136 cm³/mol. The molecule has 7 heteroatoms. The quantitative estimate of drug-likeness (QED) is 0.356. The van der Waals surface area contributed by atoms with Crippen LogP contribution >= 0.6 is 0 Å². The standard InChI is InChI=1S/C30H30N2O5/c1-16(2)37-30(36)18-8-10-19(11-9-18)31-27(33)24(14-17-6-4-3-5-7-17)32-28(34)25-20-12-13-21(23-15-22(20)23)26(25)29(32)35/h3-13,16,20-26H,14-15H2,1-2H3,(H,31,33)/t20-,21-,22-,23-,24-,25+,26+/m0/s1. The largest absolute Gasteiger partial charge is 0.459 e. The molecule has 3 amide bonds. The summed E-state index contributed by atoms with van der Waals surface area (Å²) in [5, 5.41) is 2.87. The topological polar surface area (TPSA) is 92.8 Å². The Morgan fingerprint density at radius 1 is 0.919 bits per heavy atom. The van der Waals surface area contributed by atoms with E-state index in [2.05, 4.69) is 17.5 Å². The first-order valence-electron chi connectivity index (χ1n) is 13.0. The number of hydrogen-bond donors (Lipinski definition) is 1. The van der Waals surface area contributed by atoms with E-state index < -0.39 is 17.9 Å². The summed E-state index contributed by atoms with van der Waals surface area (Å²) in [6.07, 6.45) is 5.35. The van der Waals surface area contributed by atoms with Gasteiger partial charge in [-0.2, -0.15) is 0 Å². The molecule has 1 heterocycles. The Hall–Kier alpha value is -3.74. The highest BCUT2D eigenvalue weighted by atomic mass is 16.5. The molecule has 7 atom stereocenters. The molecule has 7 nitrogen and oxygen atoms in total. The minimum absolute atomic E-state index is 0.0972. The monoisotopic (exact) mass is 498 g/mol. The molecule has 7 rings (SSSR count). The molecular formula is C30H30N2O5. The highest BCUT2D eigenvalue weighted by molar-refractivity contribution is 6.10. The Morgan fingerprint density at radius 2 is 1.51 bits per heavy atom. The minimum Gasteiger partial charge on any atom is -0.459 e. The number of allylic oxidation sites excluding steroid dienone is 2. The van der Waals surface area contributed by atoms with Gasteiger partial charge in [0.05, 0.1) is 23.5 Å². The van der Waals surface area contributed by atoms with Crippen LogP contribution in [0.3, 0.4) is 0 Å². The second-order valence-electron chi connectivity index (χ2n) is 10.9. The molecule has 0 spiro atoms. The lowest BCUT2D eigenvalue weighted by Crippen LogP contribution is -2.49. The van der Waals surface area contributed by atoms with E-state index in [4.69, 9.17) is 4.74 Å². The maximum absolute atomic E-state index is 13.7. The van der Waals surface area contributed by atoms with Crippen LogP contribution in [-0.4, -0.2) is 40.7 Å². The van der Waals surface area contributed by atoms with Crippen LogP contribution in [0.1, 0.15) is 36.2 Å². The summed E-state index contributed by atoms with van der Waals surface area (Å²) >= 11 is 0. The molecule has 2 saturated carbocycles. The molecule has 2 bridgehead atoms. The van der Waals surface area contributed by atoms with E-state index >= 15 is 0 Å². The van der Waals surface area contributed by atoms with E-state index in [1.807, 2.05) is 30.3 Å². The van der Waals surface area contributed by atoms with Gasteiger partial charge in [-0.3, -0.25) is 19.3 Å². The first-order chi connectivity index (χ1) is 17.8. The van der Waals surface area contributed by atoms with Gasteiger partial charge in [0, 0.05) is 12.1 Å². The zero-order valence-corrected chi connectivity index (χ0v) is 20.9. The lowest BCUT2D eigenvalue weighted by molar-refractivity contribution is -0.146. The SMILES string of the molecule is CC(C)OC(=O)c1ccc(NC(=O)[C@H](Cc2ccccc2)N2C(=O)[C@@H]3[C@H]4C=C[C@@H]([C@@H]5C[C@@H]45)[C@H]3C2=O)cc1. The van der Waals surface area contributed by atoms with Crippen molar-refractivity contribution in [3.05, 3.63) is 77.9 Å². The van der Waals surface area contributed by atoms with E-state index in [1.54, 1.807) is 38.1 Å². The molecular weight excluding hydrogens is 468 g/mol. The van der Waals surface area contributed by atoms with Crippen LogP contribution in [0.25, 0.3) is 0 Å². The van der Waals surface area contributed by atoms with Crippen molar-refractivity contribution in [1.82, 2.24) is 4.90 Å². The third-order valence-corrected chi connectivity index (χ3v) is 8.31. The number of benzene rings is 2. The van der Waals surface area contributed by atoms with Crippen LogP contribution in [0, 0.1) is 35.5 Å². The van der Waals surface area contributed by atoms with Crippen molar-refractivity contribution in [3.63, 3.8) is 0 Å². The number of hydrogen-bond acceptors (Lipinski definition) is 5. The van der Waals surface area contributed by atoms with Crippen molar-refractivity contribution >= 4 is 29.4 Å². The van der Waals surface area contributed by atoms with Crippen LogP contribution in [0.5, 0.6) is 0 Å². The van der Waals surface area contributed by atoms with Crippen LogP contribution in [0.4, 0.5) is 5.69 Å². The number of rotatable bonds is 7. The highest BCUT2D eigenvalue weighted by Gasteiger charge is 2.67. The molecule has 5 aliphatic rings. The van der Waals surface area contributed by atoms with Gasteiger partial charge in [0.15, 0.2) is 0 Å². The molecule has 3 fully saturated rings. The van der Waals surface area contributed by atoms with Crippen molar-refractivity contribution < 1.29 is 23.9 Å². The fraction of sp³-hybridized carbons (Fsp3) is 0.400. The molecule has 0 aromatic heterocycles. The molecule has 37 heavy (non-hydrogen) atoms. The lowest BCUT2D eigenvalue weighted by Gasteiger charge is -2.37. The number of imide groups is 1. The number of carbonyl (C=O) groups is 4. The number of nitrogens with one attached hydrogen (secondary N) is 1. The minimum atomic E-state index is -0.964. The predicted octanol–water partition coefficient (Wildman–Crippen LogP) is 3.85. The van der Waals surface area contributed by atoms with E-state index in [0.29, 0.717) is 23.1 Å². The maximum atomic E-state index is 13.7. The fourth-order valence-corrected chi connectivity index (χ4v) is 6.62. The second kappa shape index (κ2) is 8.98. The van der Waals surface area contributed by atoms with Gasteiger partial charge in [0.1, 0.15) is 6.04 Å². The van der Waals surface area contributed by atoms with Gasteiger partial charge < -0.3 is 10.1 Å². The summed E-state index contributed by atoms with van der Waals surface area (Å²) in [5.74, 6) is -0.831. The van der Waals surface area contributed by atoms with Crippen molar-refractivity contribution in [2.45, 2.75) is 38.8 Å². The average molecular weight is 499 g/mol. The number of amides is 3. The Labute approximate surface area is 215 Å². The number of anilines is 1. The second-order valence-corrected chi connectivity index (χ2v) is 10.9. The number of ether oxygens (including phenoxy) is 1. The summed E-state index contributed by atoms with van der Waals surface area (Å²) < 4.78 is 5.22.